The molecule has 0 aliphatic carbocycles. The Balaban J connectivity index is 1.83. The van der Waals surface area contributed by atoms with Crippen molar-refractivity contribution in [2.24, 2.45) is 0 Å². The Morgan fingerprint density at radius 3 is 1.00 bits per heavy atom. The molecule has 0 radical (unpaired) electrons. The van der Waals surface area contributed by atoms with E-state index in [9.17, 15) is 31.1 Å². The molecule has 0 unspecified atom stereocenters. The van der Waals surface area contributed by atoms with E-state index in [0.717, 1.165) is 24.3 Å². The van der Waals surface area contributed by atoms with Crippen LogP contribution in [0, 0.1) is 0 Å². The van der Waals surface area contributed by atoms with Crippen LogP contribution in [0.25, 0.3) is 0 Å². The minimum absolute atomic E-state index is 0.145. The van der Waals surface area contributed by atoms with E-state index in [1.807, 2.05) is 0 Å². The molecule has 0 saturated carbocycles. The maximum atomic E-state index is 14.0. The molecule has 0 aliphatic rings. The van der Waals surface area contributed by atoms with Crippen molar-refractivity contribution >= 4 is 28.8 Å². The highest BCUT2D eigenvalue weighted by atomic mass is 19.4. The second-order valence-electron chi connectivity index (χ2n) is 7.71. The summed E-state index contributed by atoms with van der Waals surface area (Å²) in [6.45, 7) is 0. The Morgan fingerprint density at radius 2 is 0.722 bits per heavy atom. The van der Waals surface area contributed by atoms with Crippen molar-refractivity contribution in [1.82, 2.24) is 0 Å². The van der Waals surface area contributed by atoms with E-state index < -0.39 is 29.5 Å². The van der Waals surface area contributed by atoms with E-state index in [0.29, 0.717) is 11.4 Å². The number of hydrogen-bond donors (Lipinski definition) is 0. The first-order valence-electron chi connectivity index (χ1n) is 10.6. The first-order valence-corrected chi connectivity index (χ1v) is 10.6. The number of halogens is 6. The third-order valence-electron chi connectivity index (χ3n) is 5.32. The number of benzene rings is 4. The zero-order valence-corrected chi connectivity index (χ0v) is 18.5. The van der Waals surface area contributed by atoms with Crippen LogP contribution in [0.1, 0.15) is 11.1 Å². The monoisotopic (exact) mass is 500 g/mol. The summed E-state index contributed by atoms with van der Waals surface area (Å²) in [6, 6.07) is 23.9. The molecule has 2 amide bonds. The molecular weight excluding hydrogens is 482 g/mol. The number of para-hydroxylation sites is 2. The third-order valence-corrected chi connectivity index (χ3v) is 5.32. The van der Waals surface area contributed by atoms with Crippen LogP contribution in [0.3, 0.4) is 0 Å². The lowest BCUT2D eigenvalue weighted by atomic mass is 10.1. The molecule has 4 rings (SSSR count). The minimum atomic E-state index is -4.56. The molecule has 9 heteroatoms. The van der Waals surface area contributed by atoms with Crippen LogP contribution < -0.4 is 9.80 Å². The second-order valence-corrected chi connectivity index (χ2v) is 7.71. The summed E-state index contributed by atoms with van der Waals surface area (Å²) in [6.07, 6.45) is -9.12. The van der Waals surface area contributed by atoms with Gasteiger partial charge in [0.25, 0.3) is 0 Å². The molecule has 36 heavy (non-hydrogen) atoms. The summed E-state index contributed by atoms with van der Waals surface area (Å²) in [5.74, 6) is 0. The van der Waals surface area contributed by atoms with Gasteiger partial charge in [-0.15, -0.1) is 0 Å². The average molecular weight is 500 g/mol. The van der Waals surface area contributed by atoms with Gasteiger partial charge in [0, 0.05) is 0 Å². The van der Waals surface area contributed by atoms with Crippen molar-refractivity contribution in [3.63, 3.8) is 0 Å². The van der Waals surface area contributed by atoms with Crippen molar-refractivity contribution in [2.45, 2.75) is 12.4 Å². The quantitative estimate of drug-likeness (QED) is 0.257. The molecule has 0 spiro atoms. The summed E-state index contributed by atoms with van der Waals surface area (Å²) in [5.41, 5.74) is -0.756. The lowest BCUT2D eigenvalue weighted by Gasteiger charge is -2.31. The Morgan fingerprint density at radius 1 is 0.444 bits per heavy atom. The van der Waals surface area contributed by atoms with Gasteiger partial charge >= 0.3 is 18.4 Å². The van der Waals surface area contributed by atoms with Gasteiger partial charge in [0.2, 0.25) is 0 Å². The first kappa shape index (κ1) is 24.8. The van der Waals surface area contributed by atoms with Crippen LogP contribution in [0.15, 0.2) is 109 Å². The molecular formula is C27H18F6N2O. The van der Waals surface area contributed by atoms with Crippen LogP contribution in [0.4, 0.5) is 53.9 Å². The van der Waals surface area contributed by atoms with Crippen LogP contribution in [-0.4, -0.2) is 6.03 Å². The number of urea groups is 1. The molecule has 0 aromatic heterocycles. The van der Waals surface area contributed by atoms with E-state index in [2.05, 4.69) is 0 Å². The average Bonchev–Trinajstić information content (AvgIpc) is 2.85. The molecule has 0 N–H and O–H groups in total. The zero-order chi connectivity index (χ0) is 25.9. The highest BCUT2D eigenvalue weighted by Gasteiger charge is 2.33. The van der Waals surface area contributed by atoms with Crippen LogP contribution in [-0.2, 0) is 12.4 Å². The van der Waals surface area contributed by atoms with Gasteiger partial charge in [-0.1, -0.05) is 36.4 Å². The molecule has 4 aromatic rings. The topological polar surface area (TPSA) is 23.6 Å². The maximum Gasteiger partial charge on any atom is 0.416 e. The van der Waals surface area contributed by atoms with Crippen LogP contribution in [0.2, 0.25) is 0 Å². The maximum absolute atomic E-state index is 14.0. The number of rotatable bonds is 4. The molecule has 3 nitrogen and oxygen atoms in total. The molecule has 0 fully saturated rings. The van der Waals surface area contributed by atoms with Gasteiger partial charge in [-0.2, -0.15) is 26.3 Å². The number of anilines is 4. The summed E-state index contributed by atoms with van der Waals surface area (Å²) in [7, 11) is 0. The molecule has 0 bridgehead atoms. The molecule has 0 aliphatic heterocycles. The van der Waals surface area contributed by atoms with Gasteiger partial charge in [0.1, 0.15) is 0 Å². The number of nitrogens with zero attached hydrogens (tertiary/aromatic N) is 2. The third kappa shape index (κ3) is 5.35. The highest BCUT2D eigenvalue weighted by molar-refractivity contribution is 6.12. The van der Waals surface area contributed by atoms with Crippen molar-refractivity contribution in [3.05, 3.63) is 120 Å². The minimum Gasteiger partial charge on any atom is -0.262 e. The molecule has 0 heterocycles. The lowest BCUT2D eigenvalue weighted by Crippen LogP contribution is -2.38. The summed E-state index contributed by atoms with van der Waals surface area (Å²) < 4.78 is 78.7. The Labute approximate surface area is 202 Å². The Kier molecular flexibility index (Phi) is 6.74. The van der Waals surface area contributed by atoms with Gasteiger partial charge in [0.15, 0.2) is 0 Å². The van der Waals surface area contributed by atoms with Crippen molar-refractivity contribution in [2.75, 3.05) is 9.80 Å². The normalized spacial score (nSPS) is 11.7. The van der Waals surface area contributed by atoms with Crippen LogP contribution in [0.5, 0.6) is 0 Å². The molecule has 184 valence electrons. The van der Waals surface area contributed by atoms with Crippen LogP contribution >= 0.6 is 0 Å². The second kappa shape index (κ2) is 9.77. The fourth-order valence-corrected chi connectivity index (χ4v) is 3.59. The molecule has 4 aromatic carbocycles. The Bertz CT molecular complexity index is 1200. The van der Waals surface area contributed by atoms with E-state index in [-0.39, 0.29) is 11.4 Å². The molecule has 0 atom stereocenters. The van der Waals surface area contributed by atoms with E-state index in [1.165, 1.54) is 34.1 Å². The van der Waals surface area contributed by atoms with E-state index in [1.54, 1.807) is 60.7 Å². The first-order chi connectivity index (χ1) is 17.1. The lowest BCUT2D eigenvalue weighted by molar-refractivity contribution is -0.138. The fourth-order valence-electron chi connectivity index (χ4n) is 3.59. The Hall–Kier alpha value is -4.27. The largest absolute Gasteiger partial charge is 0.416 e. The van der Waals surface area contributed by atoms with Gasteiger partial charge < -0.3 is 0 Å². The predicted octanol–water partition coefficient (Wildman–Crippen LogP) is 8.82. The summed E-state index contributed by atoms with van der Waals surface area (Å²) in [5, 5.41) is 0. The summed E-state index contributed by atoms with van der Waals surface area (Å²) in [4.78, 5) is 16.4. The number of carbonyl (C=O) groups excluding carboxylic acids is 1. The van der Waals surface area contributed by atoms with Gasteiger partial charge in [-0.25, -0.2) is 4.79 Å². The predicted molar refractivity (Wildman–Crippen MR) is 125 cm³/mol. The van der Waals surface area contributed by atoms with Crippen molar-refractivity contribution in [3.8, 4) is 0 Å². The van der Waals surface area contributed by atoms with Gasteiger partial charge in [-0.3, -0.25) is 9.80 Å². The summed E-state index contributed by atoms with van der Waals surface area (Å²) >= 11 is 0. The SMILES string of the molecule is O=C(N(c1ccccc1)c1ccc(C(F)(F)F)cc1)N(c1ccccc1)c1ccc(C(F)(F)F)cc1. The van der Waals surface area contributed by atoms with E-state index >= 15 is 0 Å². The van der Waals surface area contributed by atoms with Crippen molar-refractivity contribution in [1.29, 1.82) is 0 Å². The molecule has 0 saturated heterocycles. The van der Waals surface area contributed by atoms with Crippen molar-refractivity contribution < 1.29 is 31.1 Å². The van der Waals surface area contributed by atoms with Gasteiger partial charge in [-0.05, 0) is 72.8 Å². The standard InChI is InChI=1S/C27H18F6N2O/c28-26(29,30)19-11-15-23(16-12-19)34(21-7-3-1-4-8-21)25(36)35(22-9-5-2-6-10-22)24-17-13-20(14-18-24)27(31,32)33/h1-18H. The van der Waals surface area contributed by atoms with Gasteiger partial charge in [0.05, 0.1) is 33.9 Å². The number of alkyl halides is 6. The zero-order valence-electron chi connectivity index (χ0n) is 18.5. The highest BCUT2D eigenvalue weighted by Crippen LogP contribution is 2.37. The number of carbonyl (C=O) groups is 1. The fraction of sp³-hybridized carbons (Fsp3) is 0.0741. The number of hydrogen-bond acceptors (Lipinski definition) is 1. The number of amides is 2. The smallest absolute Gasteiger partial charge is 0.262 e. The van der Waals surface area contributed by atoms with E-state index in [4.69, 9.17) is 0 Å².